The minimum atomic E-state index is -4.46. The molecular weight excluding hydrogens is 359 g/mol. The highest BCUT2D eigenvalue weighted by molar-refractivity contribution is 5.93. The number of likely N-dealkylation sites (tertiary alicyclic amines) is 1. The van der Waals surface area contributed by atoms with Crippen molar-refractivity contribution >= 4 is 17.4 Å². The first-order chi connectivity index (χ1) is 12.9. The number of nitrogens with one attached hydrogen (secondary N) is 1. The average molecular weight is 385 g/mol. The van der Waals surface area contributed by atoms with Crippen molar-refractivity contribution in [1.29, 1.82) is 0 Å². The highest BCUT2D eigenvalue weighted by Gasteiger charge is 2.32. The van der Waals surface area contributed by atoms with Crippen molar-refractivity contribution in [2.75, 3.05) is 49.6 Å². The summed E-state index contributed by atoms with van der Waals surface area (Å²) in [5.41, 5.74) is 0.0407. The highest BCUT2D eigenvalue weighted by Crippen LogP contribution is 2.36. The number of benzene rings is 1. The third kappa shape index (κ3) is 4.86. The number of halogens is 3. The number of alkyl halides is 3. The van der Waals surface area contributed by atoms with Crippen molar-refractivity contribution < 1.29 is 22.7 Å². The summed E-state index contributed by atoms with van der Waals surface area (Å²) >= 11 is 0. The van der Waals surface area contributed by atoms with Crippen LogP contribution in [0, 0.1) is 5.92 Å². The van der Waals surface area contributed by atoms with E-state index in [4.69, 9.17) is 4.74 Å². The number of urea groups is 1. The summed E-state index contributed by atoms with van der Waals surface area (Å²) in [6, 6.07) is 3.20. The van der Waals surface area contributed by atoms with Crippen molar-refractivity contribution in [1.82, 2.24) is 4.90 Å². The summed E-state index contributed by atoms with van der Waals surface area (Å²) < 4.78 is 44.8. The van der Waals surface area contributed by atoms with Crippen LogP contribution in [-0.4, -0.2) is 50.3 Å². The number of amides is 2. The molecule has 2 amide bonds. The van der Waals surface area contributed by atoms with Gasteiger partial charge < -0.3 is 19.9 Å². The zero-order valence-corrected chi connectivity index (χ0v) is 15.5. The molecule has 2 aliphatic rings. The van der Waals surface area contributed by atoms with E-state index in [0.29, 0.717) is 51.0 Å². The second-order valence-electron chi connectivity index (χ2n) is 7.12. The topological polar surface area (TPSA) is 44.8 Å². The molecule has 1 aromatic rings. The van der Waals surface area contributed by atoms with Gasteiger partial charge >= 0.3 is 12.2 Å². The van der Waals surface area contributed by atoms with Gasteiger partial charge in [0.2, 0.25) is 0 Å². The summed E-state index contributed by atoms with van der Waals surface area (Å²) in [5, 5.41) is 2.74. The highest BCUT2D eigenvalue weighted by atomic mass is 19.4. The van der Waals surface area contributed by atoms with E-state index >= 15 is 0 Å². The molecule has 2 fully saturated rings. The molecule has 1 unspecified atom stereocenters. The summed E-state index contributed by atoms with van der Waals surface area (Å²) in [6.07, 6.45) is -1.46. The number of hydrogen-bond acceptors (Lipinski definition) is 3. The van der Waals surface area contributed by atoms with Crippen molar-refractivity contribution in [3.05, 3.63) is 23.8 Å². The summed E-state index contributed by atoms with van der Waals surface area (Å²) in [5.74, 6) is 0.449. The van der Waals surface area contributed by atoms with E-state index in [2.05, 4.69) is 12.2 Å². The monoisotopic (exact) mass is 385 g/mol. The lowest BCUT2D eigenvalue weighted by Crippen LogP contribution is -2.42. The average Bonchev–Trinajstić information content (AvgIpc) is 2.68. The first kappa shape index (κ1) is 19.8. The number of piperidine rings is 1. The Morgan fingerprint density at radius 2 is 2.00 bits per heavy atom. The van der Waals surface area contributed by atoms with Gasteiger partial charge in [-0.15, -0.1) is 0 Å². The van der Waals surface area contributed by atoms with Crippen LogP contribution in [0.4, 0.5) is 29.3 Å². The van der Waals surface area contributed by atoms with Gasteiger partial charge in [0.25, 0.3) is 0 Å². The van der Waals surface area contributed by atoms with Crippen molar-refractivity contribution in [2.24, 2.45) is 5.92 Å². The van der Waals surface area contributed by atoms with E-state index in [0.717, 1.165) is 31.4 Å². The van der Waals surface area contributed by atoms with Crippen molar-refractivity contribution in [3.8, 4) is 0 Å². The van der Waals surface area contributed by atoms with Crippen LogP contribution in [0.15, 0.2) is 18.2 Å². The van der Waals surface area contributed by atoms with E-state index in [9.17, 15) is 18.0 Å². The Labute approximate surface area is 157 Å². The van der Waals surface area contributed by atoms with Gasteiger partial charge in [-0.25, -0.2) is 4.79 Å². The minimum Gasteiger partial charge on any atom is -0.378 e. The standard InChI is InChI=1S/C19H26F3N3O2/c1-2-14-4-3-7-25(13-14)18(26)23-16-12-15(19(20,21)22)5-6-17(16)24-8-10-27-11-9-24/h5-6,12,14H,2-4,7-11,13H2,1H3,(H,23,26). The Morgan fingerprint density at radius 1 is 1.26 bits per heavy atom. The van der Waals surface area contributed by atoms with Gasteiger partial charge in [0.1, 0.15) is 0 Å². The molecule has 5 nitrogen and oxygen atoms in total. The second-order valence-corrected chi connectivity index (χ2v) is 7.12. The number of anilines is 2. The van der Waals surface area contributed by atoms with Gasteiger partial charge in [-0.1, -0.05) is 13.3 Å². The quantitative estimate of drug-likeness (QED) is 0.848. The molecule has 1 aromatic carbocycles. The van der Waals surface area contributed by atoms with Crippen molar-refractivity contribution in [3.63, 3.8) is 0 Å². The van der Waals surface area contributed by atoms with E-state index in [-0.39, 0.29) is 11.7 Å². The third-order valence-electron chi connectivity index (χ3n) is 5.30. The van der Waals surface area contributed by atoms with Crippen LogP contribution in [0.25, 0.3) is 0 Å². The van der Waals surface area contributed by atoms with Crippen LogP contribution in [0.2, 0.25) is 0 Å². The van der Waals surface area contributed by atoms with Crippen molar-refractivity contribution in [2.45, 2.75) is 32.4 Å². The van der Waals surface area contributed by atoms with Gasteiger partial charge in [0.05, 0.1) is 30.2 Å². The molecule has 0 bridgehead atoms. The van der Waals surface area contributed by atoms with Gasteiger partial charge in [-0.2, -0.15) is 13.2 Å². The van der Waals surface area contributed by atoms with Gasteiger partial charge in [0.15, 0.2) is 0 Å². The van der Waals surface area contributed by atoms with Crippen LogP contribution < -0.4 is 10.2 Å². The molecule has 0 spiro atoms. The van der Waals surface area contributed by atoms with Gasteiger partial charge in [-0.3, -0.25) is 0 Å². The number of hydrogen-bond donors (Lipinski definition) is 1. The molecule has 1 N–H and O–H groups in total. The van der Waals surface area contributed by atoms with E-state index in [1.54, 1.807) is 4.90 Å². The molecule has 2 aliphatic heterocycles. The van der Waals surface area contributed by atoms with Gasteiger partial charge in [0, 0.05) is 26.2 Å². The molecule has 0 saturated carbocycles. The lowest BCUT2D eigenvalue weighted by molar-refractivity contribution is -0.137. The molecule has 1 atom stereocenters. The number of carbonyl (C=O) groups excluding carboxylic acids is 1. The summed E-state index contributed by atoms with van der Waals surface area (Å²) in [6.45, 7) is 5.56. The SMILES string of the molecule is CCC1CCCN(C(=O)Nc2cc(C(F)(F)F)ccc2N2CCOCC2)C1. The molecule has 8 heteroatoms. The minimum absolute atomic E-state index is 0.204. The number of carbonyl (C=O) groups is 1. The zero-order valence-electron chi connectivity index (χ0n) is 15.5. The predicted octanol–water partition coefficient (Wildman–Crippen LogP) is 4.20. The summed E-state index contributed by atoms with van der Waals surface area (Å²) in [4.78, 5) is 16.4. The Bertz CT molecular complexity index is 660. The number of ether oxygens (including phenoxy) is 1. The number of rotatable bonds is 3. The Hall–Kier alpha value is -1.96. The molecular formula is C19H26F3N3O2. The predicted molar refractivity (Wildman–Crippen MR) is 98.1 cm³/mol. The van der Waals surface area contributed by atoms with Crippen LogP contribution in [0.5, 0.6) is 0 Å². The molecule has 2 saturated heterocycles. The normalized spacial score (nSPS) is 21.3. The molecule has 3 rings (SSSR count). The lowest BCUT2D eigenvalue weighted by atomic mass is 9.96. The smallest absolute Gasteiger partial charge is 0.378 e. The maximum absolute atomic E-state index is 13.2. The Morgan fingerprint density at radius 3 is 2.67 bits per heavy atom. The summed E-state index contributed by atoms with van der Waals surface area (Å²) in [7, 11) is 0. The maximum atomic E-state index is 13.2. The fourth-order valence-corrected chi connectivity index (χ4v) is 3.67. The number of nitrogens with zero attached hydrogens (tertiary/aromatic N) is 2. The lowest BCUT2D eigenvalue weighted by Gasteiger charge is -2.34. The molecule has 0 radical (unpaired) electrons. The molecule has 0 aromatic heterocycles. The Balaban J connectivity index is 1.83. The molecule has 2 heterocycles. The van der Waals surface area contributed by atoms with Gasteiger partial charge in [-0.05, 0) is 37.0 Å². The molecule has 27 heavy (non-hydrogen) atoms. The van der Waals surface area contributed by atoms with Crippen LogP contribution >= 0.6 is 0 Å². The second kappa shape index (κ2) is 8.37. The molecule has 150 valence electrons. The fraction of sp³-hybridized carbons (Fsp3) is 0.632. The van der Waals surface area contributed by atoms with Crippen LogP contribution in [-0.2, 0) is 10.9 Å². The largest absolute Gasteiger partial charge is 0.416 e. The Kier molecular flexibility index (Phi) is 6.14. The van der Waals surface area contributed by atoms with E-state index in [1.807, 2.05) is 4.90 Å². The van der Waals surface area contributed by atoms with Crippen LogP contribution in [0.1, 0.15) is 31.7 Å². The third-order valence-corrected chi connectivity index (χ3v) is 5.30. The number of morpholine rings is 1. The zero-order chi connectivity index (χ0) is 19.4. The van der Waals surface area contributed by atoms with Crippen LogP contribution in [0.3, 0.4) is 0 Å². The first-order valence-corrected chi connectivity index (χ1v) is 9.48. The van der Waals surface area contributed by atoms with E-state index < -0.39 is 11.7 Å². The maximum Gasteiger partial charge on any atom is 0.416 e. The van der Waals surface area contributed by atoms with E-state index in [1.165, 1.54) is 6.07 Å². The molecule has 0 aliphatic carbocycles. The fourth-order valence-electron chi connectivity index (χ4n) is 3.67. The first-order valence-electron chi connectivity index (χ1n) is 9.48.